The molecule has 2 aromatic carbocycles. The Labute approximate surface area is 193 Å². The van der Waals surface area contributed by atoms with E-state index < -0.39 is 23.5 Å². The number of morpholine rings is 1. The van der Waals surface area contributed by atoms with Crippen molar-refractivity contribution in [2.45, 2.75) is 6.04 Å². The molecule has 0 aliphatic carbocycles. The molecule has 4 rings (SSSR count). The number of aliphatic hydroxyl groups excluding tert-OH is 1. The molecule has 2 heterocycles. The molecular formula is C26H28N2O5. The Balaban J connectivity index is 1.66. The Kier molecular flexibility index (Phi) is 7.22. The Hall–Kier alpha value is -3.42. The van der Waals surface area contributed by atoms with Crippen LogP contribution in [-0.4, -0.2) is 73.1 Å². The second kappa shape index (κ2) is 10.5. The van der Waals surface area contributed by atoms with Gasteiger partial charge in [-0.25, -0.2) is 0 Å². The van der Waals surface area contributed by atoms with Crippen LogP contribution in [0.4, 0.5) is 0 Å². The van der Waals surface area contributed by atoms with Crippen LogP contribution in [0.2, 0.25) is 0 Å². The first-order chi connectivity index (χ1) is 16.1. The highest BCUT2D eigenvalue weighted by Gasteiger charge is 2.43. The third kappa shape index (κ3) is 4.99. The molecule has 1 amide bonds. The van der Waals surface area contributed by atoms with E-state index in [1.807, 2.05) is 48.5 Å². The van der Waals surface area contributed by atoms with Crippen LogP contribution in [0.15, 0.2) is 72.0 Å². The molecule has 1 N–H and O–H groups in total. The summed E-state index contributed by atoms with van der Waals surface area (Å²) in [6.07, 6.45) is 3.09. The number of methoxy groups -OCH3 is 1. The predicted octanol–water partition coefficient (Wildman–Crippen LogP) is 3.01. The molecule has 33 heavy (non-hydrogen) atoms. The molecule has 0 spiro atoms. The maximum Gasteiger partial charge on any atom is 0.290 e. The van der Waals surface area contributed by atoms with Crippen LogP contribution < -0.4 is 4.74 Å². The van der Waals surface area contributed by atoms with Gasteiger partial charge in [0, 0.05) is 31.7 Å². The van der Waals surface area contributed by atoms with Crippen LogP contribution in [0, 0.1) is 0 Å². The van der Waals surface area contributed by atoms with Gasteiger partial charge in [-0.1, -0.05) is 54.6 Å². The van der Waals surface area contributed by atoms with Crippen LogP contribution in [0.5, 0.6) is 5.75 Å². The Morgan fingerprint density at radius 1 is 1.09 bits per heavy atom. The smallest absolute Gasteiger partial charge is 0.290 e. The Bertz CT molecular complexity index is 1060. The fourth-order valence-electron chi connectivity index (χ4n) is 4.25. The van der Waals surface area contributed by atoms with E-state index in [1.54, 1.807) is 24.2 Å². The third-order valence-corrected chi connectivity index (χ3v) is 5.99. The van der Waals surface area contributed by atoms with Crippen molar-refractivity contribution in [3.63, 3.8) is 0 Å². The van der Waals surface area contributed by atoms with Gasteiger partial charge < -0.3 is 19.5 Å². The fraction of sp³-hybridized carbons (Fsp3) is 0.308. The molecule has 1 fully saturated rings. The number of benzene rings is 2. The van der Waals surface area contributed by atoms with Gasteiger partial charge in [-0.2, -0.15) is 0 Å². The number of carbonyl (C=O) groups is 2. The van der Waals surface area contributed by atoms with Gasteiger partial charge in [0.25, 0.3) is 5.91 Å². The standard InChI is InChI=1S/C26H28N2O5/c1-32-22-10-6-5-9-20(22)24-23(21(29)12-11-19-7-3-2-4-8-19)25(30)26(31)28(24)14-13-27-15-17-33-18-16-27/h2-12,24,30H,13-18H2,1H3/b12-11+. The minimum Gasteiger partial charge on any atom is -0.503 e. The van der Waals surface area contributed by atoms with Gasteiger partial charge in [0.05, 0.1) is 31.9 Å². The van der Waals surface area contributed by atoms with Gasteiger partial charge >= 0.3 is 0 Å². The summed E-state index contributed by atoms with van der Waals surface area (Å²) in [5.74, 6) is -0.903. The Morgan fingerprint density at radius 3 is 2.52 bits per heavy atom. The number of amides is 1. The number of hydrogen-bond donors (Lipinski definition) is 1. The summed E-state index contributed by atoms with van der Waals surface area (Å²) in [6.45, 7) is 3.86. The molecule has 2 aromatic rings. The third-order valence-electron chi connectivity index (χ3n) is 5.99. The van der Waals surface area contributed by atoms with E-state index in [-0.39, 0.29) is 5.57 Å². The van der Waals surface area contributed by atoms with Crippen LogP contribution >= 0.6 is 0 Å². The van der Waals surface area contributed by atoms with Crippen molar-refractivity contribution in [3.05, 3.63) is 83.1 Å². The minimum absolute atomic E-state index is 0.0682. The largest absolute Gasteiger partial charge is 0.503 e. The molecule has 1 saturated heterocycles. The lowest BCUT2D eigenvalue weighted by molar-refractivity contribution is -0.129. The molecule has 1 unspecified atom stereocenters. The average Bonchev–Trinajstić information content (AvgIpc) is 3.12. The van der Waals surface area contributed by atoms with Gasteiger partial charge in [0.1, 0.15) is 5.75 Å². The van der Waals surface area contributed by atoms with Crippen molar-refractivity contribution < 1.29 is 24.2 Å². The fourth-order valence-corrected chi connectivity index (χ4v) is 4.25. The normalized spacial score (nSPS) is 19.5. The van der Waals surface area contributed by atoms with E-state index in [1.165, 1.54) is 6.08 Å². The van der Waals surface area contributed by atoms with Gasteiger partial charge in [-0.15, -0.1) is 0 Å². The molecule has 0 saturated carbocycles. The SMILES string of the molecule is COc1ccccc1C1C(C(=O)/C=C/c2ccccc2)=C(O)C(=O)N1CCN1CCOCC1. The van der Waals surface area contributed by atoms with Gasteiger partial charge in [-0.05, 0) is 17.7 Å². The summed E-state index contributed by atoms with van der Waals surface area (Å²) in [5.41, 5.74) is 1.59. The second-order valence-electron chi connectivity index (χ2n) is 7.97. The lowest BCUT2D eigenvalue weighted by atomic mass is 9.94. The van der Waals surface area contributed by atoms with Crippen molar-refractivity contribution in [1.82, 2.24) is 9.80 Å². The van der Waals surface area contributed by atoms with Crippen molar-refractivity contribution in [2.24, 2.45) is 0 Å². The highest BCUT2D eigenvalue weighted by atomic mass is 16.5. The topological polar surface area (TPSA) is 79.3 Å². The van der Waals surface area contributed by atoms with Crippen LogP contribution in [0.1, 0.15) is 17.2 Å². The monoisotopic (exact) mass is 448 g/mol. The van der Waals surface area contributed by atoms with E-state index >= 15 is 0 Å². The first kappa shape index (κ1) is 22.8. The van der Waals surface area contributed by atoms with Gasteiger partial charge in [0.2, 0.25) is 0 Å². The summed E-state index contributed by atoms with van der Waals surface area (Å²) in [4.78, 5) is 30.1. The molecule has 1 atom stereocenters. The minimum atomic E-state index is -0.734. The van der Waals surface area contributed by atoms with Gasteiger partial charge in [-0.3, -0.25) is 14.5 Å². The Morgan fingerprint density at radius 2 is 1.79 bits per heavy atom. The van der Waals surface area contributed by atoms with Crippen LogP contribution in [0.3, 0.4) is 0 Å². The molecule has 7 nitrogen and oxygen atoms in total. The van der Waals surface area contributed by atoms with Crippen molar-refractivity contribution >= 4 is 17.8 Å². The van der Waals surface area contributed by atoms with Crippen molar-refractivity contribution in [1.29, 1.82) is 0 Å². The molecule has 2 aliphatic rings. The zero-order chi connectivity index (χ0) is 23.2. The first-order valence-electron chi connectivity index (χ1n) is 11.0. The van der Waals surface area contributed by atoms with E-state index in [2.05, 4.69) is 4.90 Å². The lowest BCUT2D eigenvalue weighted by Crippen LogP contribution is -2.43. The van der Waals surface area contributed by atoms with E-state index in [9.17, 15) is 14.7 Å². The number of aliphatic hydroxyl groups is 1. The zero-order valence-electron chi connectivity index (χ0n) is 18.6. The molecule has 0 bridgehead atoms. The maximum atomic E-state index is 13.3. The van der Waals surface area contributed by atoms with E-state index in [0.717, 1.165) is 18.7 Å². The van der Waals surface area contributed by atoms with E-state index in [0.29, 0.717) is 37.6 Å². The molecule has 172 valence electrons. The van der Waals surface area contributed by atoms with Crippen LogP contribution in [-0.2, 0) is 14.3 Å². The highest BCUT2D eigenvalue weighted by Crippen LogP contribution is 2.41. The van der Waals surface area contributed by atoms with E-state index in [4.69, 9.17) is 9.47 Å². The molecule has 2 aliphatic heterocycles. The van der Waals surface area contributed by atoms with Crippen molar-refractivity contribution in [2.75, 3.05) is 46.5 Å². The summed E-state index contributed by atoms with van der Waals surface area (Å²) in [7, 11) is 1.55. The number of para-hydroxylation sites is 1. The number of rotatable bonds is 8. The lowest BCUT2D eigenvalue weighted by Gasteiger charge is -2.32. The number of ether oxygens (including phenoxy) is 2. The van der Waals surface area contributed by atoms with Crippen molar-refractivity contribution in [3.8, 4) is 5.75 Å². The predicted molar refractivity (Wildman–Crippen MR) is 125 cm³/mol. The molecular weight excluding hydrogens is 420 g/mol. The summed E-state index contributed by atoms with van der Waals surface area (Å²) in [6, 6.07) is 16.0. The highest BCUT2D eigenvalue weighted by molar-refractivity contribution is 6.14. The summed E-state index contributed by atoms with van der Waals surface area (Å²) >= 11 is 0. The number of nitrogens with zero attached hydrogens (tertiary/aromatic N) is 2. The average molecular weight is 449 g/mol. The number of allylic oxidation sites excluding steroid dienone is 1. The van der Waals surface area contributed by atoms with Gasteiger partial charge in [0.15, 0.2) is 11.5 Å². The van der Waals surface area contributed by atoms with Crippen LogP contribution in [0.25, 0.3) is 6.08 Å². The summed E-state index contributed by atoms with van der Waals surface area (Å²) < 4.78 is 10.9. The maximum absolute atomic E-state index is 13.3. The number of hydrogen-bond acceptors (Lipinski definition) is 6. The molecule has 0 aromatic heterocycles. The quantitative estimate of drug-likeness (QED) is 0.626. The second-order valence-corrected chi connectivity index (χ2v) is 7.97. The summed E-state index contributed by atoms with van der Waals surface area (Å²) in [5, 5.41) is 10.8. The first-order valence-corrected chi connectivity index (χ1v) is 11.0. The number of carbonyl (C=O) groups excluding carboxylic acids is 2. The zero-order valence-corrected chi connectivity index (χ0v) is 18.6. The number of ketones is 1. The molecule has 0 radical (unpaired) electrons. The molecule has 7 heteroatoms.